The molecule has 1 fully saturated rings. The lowest BCUT2D eigenvalue weighted by molar-refractivity contribution is 0.251. The van der Waals surface area contributed by atoms with Crippen LogP contribution in [0.4, 0.5) is 16.2 Å². The van der Waals surface area contributed by atoms with Gasteiger partial charge in [-0.3, -0.25) is 0 Å². The van der Waals surface area contributed by atoms with Crippen LogP contribution in [0.3, 0.4) is 0 Å². The van der Waals surface area contributed by atoms with Crippen LogP contribution in [0.5, 0.6) is 0 Å². The predicted octanol–water partition coefficient (Wildman–Crippen LogP) is 1.46. The molecule has 3 rings (SSSR count). The molecule has 0 aliphatic heterocycles. The van der Waals surface area contributed by atoms with Crippen molar-refractivity contribution >= 4 is 23.0 Å². The SMILES string of the molecule is N#CC(=CNc1cccc(NC(=O)NC2CC2)c1)c1nn[nH]n1. The van der Waals surface area contributed by atoms with Crippen molar-refractivity contribution in [3.05, 3.63) is 36.3 Å². The van der Waals surface area contributed by atoms with Crippen LogP contribution < -0.4 is 16.0 Å². The van der Waals surface area contributed by atoms with Gasteiger partial charge in [0.05, 0.1) is 0 Å². The van der Waals surface area contributed by atoms with Crippen LogP contribution in [0.1, 0.15) is 18.7 Å². The predicted molar refractivity (Wildman–Crippen MR) is 83.0 cm³/mol. The number of nitrogens with one attached hydrogen (secondary N) is 4. The maximum Gasteiger partial charge on any atom is 0.319 e. The summed E-state index contributed by atoms with van der Waals surface area (Å²) in [5.74, 6) is 0.207. The third kappa shape index (κ3) is 4.04. The molecule has 2 amide bonds. The van der Waals surface area contributed by atoms with Crippen molar-refractivity contribution in [1.29, 1.82) is 5.26 Å². The number of carbonyl (C=O) groups excluding carboxylic acids is 1. The number of amides is 2. The molecule has 4 N–H and O–H groups in total. The van der Waals surface area contributed by atoms with Crippen molar-refractivity contribution in [1.82, 2.24) is 25.9 Å². The maximum absolute atomic E-state index is 11.7. The fourth-order valence-corrected chi connectivity index (χ4v) is 1.85. The first-order valence-electron chi connectivity index (χ1n) is 7.03. The molecule has 0 atom stereocenters. The lowest BCUT2D eigenvalue weighted by atomic mass is 10.2. The monoisotopic (exact) mass is 310 g/mol. The smallest absolute Gasteiger partial charge is 0.319 e. The molecule has 1 aromatic heterocycles. The van der Waals surface area contributed by atoms with E-state index in [1.54, 1.807) is 18.2 Å². The highest BCUT2D eigenvalue weighted by Gasteiger charge is 2.23. The summed E-state index contributed by atoms with van der Waals surface area (Å²) in [6.07, 6.45) is 3.55. The molecule has 0 spiro atoms. The highest BCUT2D eigenvalue weighted by Crippen LogP contribution is 2.20. The summed E-state index contributed by atoms with van der Waals surface area (Å²) in [6, 6.07) is 9.21. The number of hydrogen-bond donors (Lipinski definition) is 4. The Morgan fingerprint density at radius 1 is 1.39 bits per heavy atom. The molecule has 2 aromatic rings. The second kappa shape index (κ2) is 6.57. The van der Waals surface area contributed by atoms with Crippen LogP contribution >= 0.6 is 0 Å². The number of aromatic nitrogens is 4. The molecule has 0 saturated heterocycles. The van der Waals surface area contributed by atoms with Crippen molar-refractivity contribution < 1.29 is 4.79 Å². The minimum Gasteiger partial charge on any atom is -0.360 e. The van der Waals surface area contributed by atoms with Crippen molar-refractivity contribution in [2.45, 2.75) is 18.9 Å². The van der Waals surface area contributed by atoms with Gasteiger partial charge in [0.1, 0.15) is 11.6 Å². The van der Waals surface area contributed by atoms with Gasteiger partial charge in [-0.1, -0.05) is 6.07 Å². The van der Waals surface area contributed by atoms with Gasteiger partial charge in [-0.15, -0.1) is 10.2 Å². The minimum absolute atomic E-state index is 0.207. The summed E-state index contributed by atoms with van der Waals surface area (Å²) < 4.78 is 0. The first-order chi connectivity index (χ1) is 11.2. The average molecular weight is 310 g/mol. The molecule has 1 heterocycles. The van der Waals surface area contributed by atoms with Crippen LogP contribution in [0.25, 0.3) is 5.57 Å². The number of H-pyrrole nitrogens is 1. The summed E-state index contributed by atoms with van der Waals surface area (Å²) in [5, 5.41) is 30.9. The standard InChI is InChI=1S/C14H14N8O/c15-7-9(13-19-21-22-20-13)8-16-11-2-1-3-12(6-11)18-14(23)17-10-4-5-10/h1-3,6,8,10,16H,4-5H2,(H2,17,18,23)(H,19,20,21,22). The topological polar surface area (TPSA) is 131 Å². The molecule has 23 heavy (non-hydrogen) atoms. The zero-order valence-electron chi connectivity index (χ0n) is 12.1. The molecule has 0 unspecified atom stereocenters. The van der Waals surface area contributed by atoms with Crippen molar-refractivity contribution in [2.75, 3.05) is 10.6 Å². The van der Waals surface area contributed by atoms with E-state index < -0.39 is 0 Å². The Hall–Kier alpha value is -3.41. The molecular formula is C14H14N8O. The number of nitriles is 1. The van der Waals surface area contributed by atoms with Crippen LogP contribution in [0, 0.1) is 11.3 Å². The maximum atomic E-state index is 11.7. The van der Waals surface area contributed by atoms with Crippen molar-refractivity contribution in [3.63, 3.8) is 0 Å². The molecule has 9 nitrogen and oxygen atoms in total. The second-order valence-corrected chi connectivity index (χ2v) is 5.00. The molecule has 1 aliphatic rings. The number of aromatic amines is 1. The van der Waals surface area contributed by atoms with E-state index in [-0.39, 0.29) is 17.4 Å². The van der Waals surface area contributed by atoms with Gasteiger partial charge >= 0.3 is 6.03 Å². The highest BCUT2D eigenvalue weighted by atomic mass is 16.2. The van der Waals surface area contributed by atoms with E-state index in [0.717, 1.165) is 12.8 Å². The van der Waals surface area contributed by atoms with E-state index in [1.807, 2.05) is 12.1 Å². The van der Waals surface area contributed by atoms with Gasteiger partial charge in [0.25, 0.3) is 0 Å². The third-order valence-electron chi connectivity index (χ3n) is 3.12. The number of carbonyl (C=O) groups is 1. The number of allylic oxidation sites excluding steroid dienone is 1. The normalized spacial score (nSPS) is 14.0. The van der Waals surface area contributed by atoms with Gasteiger partial charge < -0.3 is 16.0 Å². The molecule has 9 heteroatoms. The minimum atomic E-state index is -0.218. The number of rotatable bonds is 5. The van der Waals surface area contributed by atoms with Gasteiger partial charge in [-0.25, -0.2) is 4.79 Å². The number of anilines is 2. The Morgan fingerprint density at radius 2 is 2.22 bits per heavy atom. The summed E-state index contributed by atoms with van der Waals surface area (Å²) in [6.45, 7) is 0. The first-order valence-corrected chi connectivity index (χ1v) is 7.03. The van der Waals surface area contributed by atoms with Crippen LogP contribution in [0.2, 0.25) is 0 Å². The molecule has 1 aromatic carbocycles. The second-order valence-electron chi connectivity index (χ2n) is 5.00. The summed E-state index contributed by atoms with van der Waals surface area (Å²) in [4.78, 5) is 11.7. The number of benzene rings is 1. The lowest BCUT2D eigenvalue weighted by Gasteiger charge is -2.08. The molecule has 1 aliphatic carbocycles. The molecule has 116 valence electrons. The van der Waals surface area contributed by atoms with Crippen molar-refractivity contribution in [3.8, 4) is 6.07 Å². The van der Waals surface area contributed by atoms with E-state index in [1.165, 1.54) is 6.20 Å². The van der Waals surface area contributed by atoms with Crippen LogP contribution in [0.15, 0.2) is 30.5 Å². The van der Waals surface area contributed by atoms with E-state index in [9.17, 15) is 4.79 Å². The van der Waals surface area contributed by atoms with Gasteiger partial charge in [0, 0.05) is 23.6 Å². The van der Waals surface area contributed by atoms with Crippen LogP contribution in [-0.2, 0) is 0 Å². The zero-order chi connectivity index (χ0) is 16.1. The Labute approximate surface area is 131 Å². The Kier molecular flexibility index (Phi) is 4.15. The van der Waals surface area contributed by atoms with Crippen LogP contribution in [-0.4, -0.2) is 32.7 Å². The number of nitrogens with zero attached hydrogens (tertiary/aromatic N) is 4. The van der Waals surface area contributed by atoms with E-state index in [4.69, 9.17) is 5.26 Å². The Bertz CT molecular complexity index is 757. The number of urea groups is 1. The van der Waals surface area contributed by atoms with Gasteiger partial charge in [0.2, 0.25) is 5.82 Å². The number of tetrazole rings is 1. The molecular weight excluding hydrogens is 296 g/mol. The third-order valence-corrected chi connectivity index (χ3v) is 3.12. The van der Waals surface area contributed by atoms with Gasteiger partial charge in [-0.05, 0) is 36.3 Å². The summed E-state index contributed by atoms with van der Waals surface area (Å²) >= 11 is 0. The Morgan fingerprint density at radius 3 is 2.91 bits per heavy atom. The molecule has 0 radical (unpaired) electrons. The first kappa shape index (κ1) is 14.5. The van der Waals surface area contributed by atoms with E-state index in [0.29, 0.717) is 17.4 Å². The van der Waals surface area contributed by atoms with E-state index in [2.05, 4.69) is 36.6 Å². The fraction of sp³-hybridized carbons (Fsp3) is 0.214. The van der Waals surface area contributed by atoms with Gasteiger partial charge in [-0.2, -0.15) is 10.5 Å². The largest absolute Gasteiger partial charge is 0.360 e. The van der Waals surface area contributed by atoms with Crippen molar-refractivity contribution in [2.24, 2.45) is 0 Å². The molecule has 1 saturated carbocycles. The Balaban J connectivity index is 1.65. The fourth-order valence-electron chi connectivity index (χ4n) is 1.85. The summed E-state index contributed by atoms with van der Waals surface area (Å²) in [5.41, 5.74) is 1.61. The highest BCUT2D eigenvalue weighted by molar-refractivity contribution is 5.90. The quantitative estimate of drug-likeness (QED) is 0.618. The van der Waals surface area contributed by atoms with Gasteiger partial charge in [0.15, 0.2) is 0 Å². The average Bonchev–Trinajstić information content (AvgIpc) is 3.18. The summed E-state index contributed by atoms with van der Waals surface area (Å²) in [7, 11) is 0. The number of hydrogen-bond acceptors (Lipinski definition) is 6. The lowest BCUT2D eigenvalue weighted by Crippen LogP contribution is -2.30. The molecule has 0 bridgehead atoms. The van der Waals surface area contributed by atoms with E-state index >= 15 is 0 Å². The zero-order valence-corrected chi connectivity index (χ0v) is 12.1.